The molecule has 0 heterocycles. The second-order valence-electron chi connectivity index (χ2n) is 8.01. The number of ether oxygens (including phenoxy) is 1. The zero-order valence-electron chi connectivity index (χ0n) is 17.8. The number of carbonyl (C=O) groups excluding carboxylic acids is 3. The Morgan fingerprint density at radius 2 is 1.71 bits per heavy atom. The maximum atomic E-state index is 14.4. The molecule has 0 radical (unpaired) electrons. The van der Waals surface area contributed by atoms with Gasteiger partial charge in [-0.25, -0.2) is 4.39 Å². The predicted octanol–water partition coefficient (Wildman–Crippen LogP) is 3.59. The van der Waals surface area contributed by atoms with E-state index in [2.05, 4.69) is 5.32 Å². The zero-order valence-corrected chi connectivity index (χ0v) is 17.8. The monoisotopic (exact) mass is 426 g/mol. The van der Waals surface area contributed by atoms with E-state index in [1.54, 1.807) is 30.3 Å². The van der Waals surface area contributed by atoms with Crippen molar-refractivity contribution in [2.45, 2.75) is 38.0 Å². The maximum absolute atomic E-state index is 14.4. The number of rotatable bonds is 7. The Kier molecular flexibility index (Phi) is 7.05. The number of hydrogen-bond acceptors (Lipinski definition) is 4. The molecule has 0 aromatic heterocycles. The van der Waals surface area contributed by atoms with Gasteiger partial charge in [0.15, 0.2) is 6.61 Å². The topological polar surface area (TPSA) is 75.7 Å². The average Bonchev–Trinajstić information content (AvgIpc) is 3.24. The molecule has 0 saturated heterocycles. The molecule has 31 heavy (non-hydrogen) atoms. The van der Waals surface area contributed by atoms with Gasteiger partial charge in [0.1, 0.15) is 5.82 Å². The molecule has 1 N–H and O–H groups in total. The Balaban J connectivity index is 1.56. The van der Waals surface area contributed by atoms with Gasteiger partial charge in [-0.3, -0.25) is 14.4 Å². The van der Waals surface area contributed by atoms with Gasteiger partial charge < -0.3 is 15.0 Å². The lowest BCUT2D eigenvalue weighted by molar-refractivity contribution is -0.157. The molecule has 1 saturated carbocycles. The normalized spacial score (nSPS) is 14.7. The third-order valence-electron chi connectivity index (χ3n) is 5.71. The summed E-state index contributed by atoms with van der Waals surface area (Å²) in [6.07, 6.45) is 2.54. The standard InChI is InChI=1S/C24H27FN2O4/c1-17-9-11-18(12-10-17)26-21(28)15-27(2)22(29)16-31-23(30)24(13-5-6-14-24)19-7-3-4-8-20(19)25/h3-4,7-12H,5-6,13-16H2,1-2H3,(H,26,28). The van der Waals surface area contributed by atoms with Crippen LogP contribution in [0.1, 0.15) is 36.8 Å². The van der Waals surface area contributed by atoms with Crippen LogP contribution >= 0.6 is 0 Å². The quantitative estimate of drug-likeness (QED) is 0.687. The molecule has 1 aliphatic rings. The highest BCUT2D eigenvalue weighted by Crippen LogP contribution is 2.43. The lowest BCUT2D eigenvalue weighted by atomic mass is 9.78. The van der Waals surface area contributed by atoms with E-state index in [0.717, 1.165) is 18.4 Å². The number of carbonyl (C=O) groups is 3. The van der Waals surface area contributed by atoms with Gasteiger partial charge in [0.05, 0.1) is 12.0 Å². The number of nitrogens with one attached hydrogen (secondary N) is 1. The Morgan fingerprint density at radius 1 is 1.06 bits per heavy atom. The van der Waals surface area contributed by atoms with Gasteiger partial charge in [0.25, 0.3) is 5.91 Å². The van der Waals surface area contributed by atoms with Gasteiger partial charge in [0, 0.05) is 18.3 Å². The lowest BCUT2D eigenvalue weighted by Gasteiger charge is -2.28. The minimum absolute atomic E-state index is 0.178. The predicted molar refractivity (Wildman–Crippen MR) is 115 cm³/mol. The summed E-state index contributed by atoms with van der Waals surface area (Å²) in [5.41, 5.74) is 0.960. The van der Waals surface area contributed by atoms with E-state index < -0.39 is 29.7 Å². The van der Waals surface area contributed by atoms with Crippen LogP contribution in [0.5, 0.6) is 0 Å². The fourth-order valence-electron chi connectivity index (χ4n) is 3.93. The van der Waals surface area contributed by atoms with Crippen LogP contribution in [-0.2, 0) is 24.5 Å². The van der Waals surface area contributed by atoms with Crippen molar-refractivity contribution in [1.29, 1.82) is 0 Å². The first kappa shape index (κ1) is 22.5. The van der Waals surface area contributed by atoms with Gasteiger partial charge in [0.2, 0.25) is 5.91 Å². The van der Waals surface area contributed by atoms with Crippen LogP contribution in [0, 0.1) is 12.7 Å². The number of likely N-dealkylation sites (N-methyl/N-ethyl adjacent to an activating group) is 1. The van der Waals surface area contributed by atoms with Crippen molar-refractivity contribution in [3.63, 3.8) is 0 Å². The Bertz CT molecular complexity index is 952. The molecular weight excluding hydrogens is 399 g/mol. The molecule has 7 heteroatoms. The largest absolute Gasteiger partial charge is 0.455 e. The SMILES string of the molecule is Cc1ccc(NC(=O)CN(C)C(=O)COC(=O)C2(c3ccccc3F)CCCC2)cc1. The summed E-state index contributed by atoms with van der Waals surface area (Å²) in [6, 6.07) is 13.5. The molecule has 0 unspecified atom stereocenters. The molecule has 0 atom stereocenters. The van der Waals surface area contributed by atoms with Crippen molar-refractivity contribution in [3.8, 4) is 0 Å². The molecule has 3 rings (SSSR count). The van der Waals surface area contributed by atoms with Crippen molar-refractivity contribution in [2.24, 2.45) is 0 Å². The van der Waals surface area contributed by atoms with Crippen molar-refractivity contribution >= 4 is 23.5 Å². The summed E-state index contributed by atoms with van der Waals surface area (Å²) < 4.78 is 19.7. The molecule has 0 bridgehead atoms. The van der Waals surface area contributed by atoms with E-state index in [-0.39, 0.29) is 12.5 Å². The second kappa shape index (κ2) is 9.73. The summed E-state index contributed by atoms with van der Waals surface area (Å²) in [5.74, 6) is -1.91. The highest BCUT2D eigenvalue weighted by Gasteiger charge is 2.46. The van der Waals surface area contributed by atoms with Crippen LogP contribution in [0.2, 0.25) is 0 Å². The molecule has 1 fully saturated rings. The Hall–Kier alpha value is -3.22. The number of hydrogen-bond donors (Lipinski definition) is 1. The van der Waals surface area contributed by atoms with Gasteiger partial charge in [-0.15, -0.1) is 0 Å². The molecule has 6 nitrogen and oxygen atoms in total. The number of esters is 1. The number of aryl methyl sites for hydroxylation is 1. The minimum atomic E-state index is -1.06. The van der Waals surface area contributed by atoms with Crippen LogP contribution in [0.15, 0.2) is 48.5 Å². The van der Waals surface area contributed by atoms with Gasteiger partial charge in [-0.05, 0) is 38.0 Å². The Labute approximate surface area is 181 Å². The lowest BCUT2D eigenvalue weighted by Crippen LogP contribution is -2.40. The highest BCUT2D eigenvalue weighted by molar-refractivity contribution is 5.95. The van der Waals surface area contributed by atoms with E-state index in [4.69, 9.17) is 4.74 Å². The van der Waals surface area contributed by atoms with E-state index in [1.165, 1.54) is 18.0 Å². The Morgan fingerprint density at radius 3 is 2.35 bits per heavy atom. The van der Waals surface area contributed by atoms with Crippen LogP contribution in [-0.4, -0.2) is 42.9 Å². The second-order valence-corrected chi connectivity index (χ2v) is 8.01. The van der Waals surface area contributed by atoms with Gasteiger partial charge >= 0.3 is 5.97 Å². The first-order valence-corrected chi connectivity index (χ1v) is 10.3. The molecule has 2 aromatic carbocycles. The summed E-state index contributed by atoms with van der Waals surface area (Å²) >= 11 is 0. The molecule has 164 valence electrons. The van der Waals surface area contributed by atoms with Crippen LogP contribution < -0.4 is 5.32 Å². The van der Waals surface area contributed by atoms with Crippen molar-refractivity contribution in [3.05, 3.63) is 65.5 Å². The van der Waals surface area contributed by atoms with Crippen LogP contribution in [0.4, 0.5) is 10.1 Å². The third-order valence-corrected chi connectivity index (χ3v) is 5.71. The van der Waals surface area contributed by atoms with E-state index >= 15 is 0 Å². The fourth-order valence-corrected chi connectivity index (χ4v) is 3.93. The summed E-state index contributed by atoms with van der Waals surface area (Å²) in [4.78, 5) is 38.7. The van der Waals surface area contributed by atoms with E-state index in [9.17, 15) is 18.8 Å². The van der Waals surface area contributed by atoms with E-state index in [0.29, 0.717) is 24.1 Å². The fraction of sp³-hybridized carbons (Fsp3) is 0.375. The van der Waals surface area contributed by atoms with Gasteiger partial charge in [-0.2, -0.15) is 0 Å². The summed E-state index contributed by atoms with van der Waals surface area (Å²) in [7, 11) is 1.47. The van der Waals surface area contributed by atoms with Crippen LogP contribution in [0.25, 0.3) is 0 Å². The van der Waals surface area contributed by atoms with Crippen molar-refractivity contribution < 1.29 is 23.5 Å². The molecule has 1 aliphatic carbocycles. The average molecular weight is 426 g/mol. The van der Waals surface area contributed by atoms with Gasteiger partial charge in [-0.1, -0.05) is 48.7 Å². The number of halogens is 1. The molecule has 2 aromatic rings. The first-order chi connectivity index (χ1) is 14.8. The minimum Gasteiger partial charge on any atom is -0.455 e. The zero-order chi connectivity index (χ0) is 22.4. The molecule has 0 spiro atoms. The highest BCUT2D eigenvalue weighted by atomic mass is 19.1. The van der Waals surface area contributed by atoms with Crippen molar-refractivity contribution in [1.82, 2.24) is 4.90 Å². The first-order valence-electron chi connectivity index (χ1n) is 10.3. The number of nitrogens with zero attached hydrogens (tertiary/aromatic N) is 1. The van der Waals surface area contributed by atoms with Crippen molar-refractivity contribution in [2.75, 3.05) is 25.5 Å². The molecular formula is C24H27FN2O4. The maximum Gasteiger partial charge on any atom is 0.317 e. The number of anilines is 1. The summed E-state index contributed by atoms with van der Waals surface area (Å²) in [6.45, 7) is 1.27. The summed E-state index contributed by atoms with van der Waals surface area (Å²) in [5, 5.41) is 2.72. The molecule has 2 amide bonds. The van der Waals surface area contributed by atoms with E-state index in [1.807, 2.05) is 19.1 Å². The number of benzene rings is 2. The van der Waals surface area contributed by atoms with Crippen LogP contribution in [0.3, 0.4) is 0 Å². The third kappa shape index (κ3) is 5.29. The number of amides is 2. The smallest absolute Gasteiger partial charge is 0.317 e. The molecule has 0 aliphatic heterocycles.